The Bertz CT molecular complexity index is 1330. The van der Waals surface area contributed by atoms with Crippen molar-refractivity contribution in [1.29, 1.82) is 0 Å². The molecule has 204 valence electrons. The number of nitrogens with zero attached hydrogens (tertiary/aromatic N) is 9. The van der Waals surface area contributed by atoms with Crippen molar-refractivity contribution in [3.8, 4) is 0 Å². The molecule has 1 aromatic carbocycles. The zero-order valence-corrected chi connectivity index (χ0v) is 22.5. The number of hydrogen-bond donors (Lipinski definition) is 2. The first-order valence-corrected chi connectivity index (χ1v) is 13.2. The van der Waals surface area contributed by atoms with E-state index < -0.39 is 11.9 Å². The number of hydrogen-bond acceptors (Lipinski definition) is 10. The zero-order valence-electron chi connectivity index (χ0n) is 22.5. The van der Waals surface area contributed by atoms with Crippen LogP contribution in [0, 0.1) is 0 Å². The summed E-state index contributed by atoms with van der Waals surface area (Å²) in [5.41, 5.74) is 3.21. The van der Waals surface area contributed by atoms with Crippen LogP contribution in [0.2, 0.25) is 0 Å². The maximum absolute atomic E-state index is 13.3. The average Bonchev–Trinajstić information content (AvgIpc) is 3.44. The molecule has 2 fully saturated rings. The van der Waals surface area contributed by atoms with Crippen LogP contribution in [0.1, 0.15) is 25.1 Å². The van der Waals surface area contributed by atoms with Crippen molar-refractivity contribution in [1.82, 2.24) is 29.8 Å². The van der Waals surface area contributed by atoms with Crippen LogP contribution in [-0.2, 0) is 5.60 Å². The van der Waals surface area contributed by atoms with Crippen molar-refractivity contribution in [2.45, 2.75) is 25.7 Å². The molecule has 3 N–H and O–H groups in total. The summed E-state index contributed by atoms with van der Waals surface area (Å²) in [6, 6.07) is 13.7. The van der Waals surface area contributed by atoms with Gasteiger partial charge in [-0.3, -0.25) is 14.8 Å². The number of aromatic nitrogens is 1. The molecule has 12 heteroatoms. The number of pyridine rings is 1. The van der Waals surface area contributed by atoms with Crippen LogP contribution in [0.3, 0.4) is 0 Å². The monoisotopic (exact) mass is 530 g/mol. The van der Waals surface area contributed by atoms with Crippen molar-refractivity contribution < 1.29 is 9.90 Å². The van der Waals surface area contributed by atoms with Crippen molar-refractivity contribution in [2.75, 3.05) is 51.2 Å². The number of amides is 2. The van der Waals surface area contributed by atoms with Crippen molar-refractivity contribution >= 4 is 29.6 Å². The van der Waals surface area contributed by atoms with E-state index in [1.165, 1.54) is 11.3 Å². The van der Waals surface area contributed by atoms with E-state index in [2.05, 4.69) is 31.9 Å². The molecule has 4 aliphatic rings. The molecule has 0 saturated carbocycles. The zero-order chi connectivity index (χ0) is 27.3. The minimum atomic E-state index is -0.845. The van der Waals surface area contributed by atoms with Gasteiger partial charge in [0.1, 0.15) is 17.7 Å². The molecule has 2 aromatic rings. The van der Waals surface area contributed by atoms with Crippen LogP contribution in [0.5, 0.6) is 0 Å². The quantitative estimate of drug-likeness (QED) is 0.537. The van der Waals surface area contributed by atoms with Crippen molar-refractivity contribution in [3.05, 3.63) is 65.6 Å². The van der Waals surface area contributed by atoms with E-state index in [1.54, 1.807) is 37.0 Å². The predicted octanol–water partition coefficient (Wildman–Crippen LogP) is 1.30. The number of fused-ring (bicyclic) bond motifs is 3. The number of hydrazine groups is 2. The molecule has 0 aliphatic carbocycles. The Balaban J connectivity index is 1.12. The summed E-state index contributed by atoms with van der Waals surface area (Å²) in [6.45, 7) is 8.46. The van der Waals surface area contributed by atoms with Gasteiger partial charge in [-0.15, -0.1) is 0 Å². The summed E-state index contributed by atoms with van der Waals surface area (Å²) in [6.07, 6.45) is 2.72. The van der Waals surface area contributed by atoms with Crippen LogP contribution in [0.15, 0.2) is 64.3 Å². The normalized spacial score (nSPS) is 21.7. The maximum Gasteiger partial charge on any atom is 0.341 e. The van der Waals surface area contributed by atoms with Gasteiger partial charge >= 0.3 is 6.03 Å². The number of amidine groups is 1. The van der Waals surface area contributed by atoms with Gasteiger partial charge in [-0.25, -0.2) is 35.6 Å². The number of rotatable bonds is 6. The van der Waals surface area contributed by atoms with Gasteiger partial charge in [0.15, 0.2) is 5.84 Å². The highest BCUT2D eigenvalue weighted by atomic mass is 16.3. The second-order valence-corrected chi connectivity index (χ2v) is 10.6. The Morgan fingerprint density at radius 2 is 1.79 bits per heavy atom. The number of piperazine rings is 1. The Morgan fingerprint density at radius 3 is 2.46 bits per heavy atom. The third-order valence-corrected chi connectivity index (χ3v) is 7.68. The molecule has 6 rings (SSSR count). The summed E-state index contributed by atoms with van der Waals surface area (Å²) in [5, 5.41) is 15.1. The molecule has 1 aromatic heterocycles. The smallest absolute Gasteiger partial charge is 0.341 e. The van der Waals surface area contributed by atoms with E-state index >= 15 is 0 Å². The van der Waals surface area contributed by atoms with E-state index in [4.69, 9.17) is 10.8 Å². The minimum Gasteiger partial charge on any atom is -0.386 e. The third kappa shape index (κ3) is 4.50. The molecule has 0 spiro atoms. The fourth-order valence-electron chi connectivity index (χ4n) is 5.43. The average molecular weight is 531 g/mol. The van der Waals surface area contributed by atoms with Gasteiger partial charge in [-0.2, -0.15) is 0 Å². The molecule has 4 aliphatic heterocycles. The van der Waals surface area contributed by atoms with Gasteiger partial charge in [0.2, 0.25) is 6.29 Å². The molecule has 39 heavy (non-hydrogen) atoms. The lowest BCUT2D eigenvalue weighted by Crippen LogP contribution is -2.49. The van der Waals surface area contributed by atoms with Gasteiger partial charge in [0.05, 0.1) is 11.3 Å². The molecule has 5 heterocycles. The molecule has 0 radical (unpaired) electrons. The van der Waals surface area contributed by atoms with Crippen molar-refractivity contribution in [2.24, 2.45) is 15.8 Å². The molecule has 0 bridgehead atoms. The lowest BCUT2D eigenvalue weighted by Gasteiger charge is -2.37. The number of aliphatic hydroxyl groups is 1. The predicted molar refractivity (Wildman–Crippen MR) is 149 cm³/mol. The van der Waals surface area contributed by atoms with Crippen molar-refractivity contribution in [3.63, 3.8) is 0 Å². The van der Waals surface area contributed by atoms with Gasteiger partial charge in [0, 0.05) is 58.2 Å². The number of anilines is 1. The van der Waals surface area contributed by atoms with E-state index in [1.807, 2.05) is 35.3 Å². The standard InChI is InChI=1S/C27H34N10O2/c1-27(2,39)19-7-9-20(10-8-19)34-15-12-33(13-16-34)14-17-35-25-31-24-23(37(25)32(3)26(35)38)22(30-18-36(24)28)21-6-4-5-11-29-21/h4-11,18,25,39H,12-17,28H2,1-3H3. The SMILES string of the molecule is CN1C(=O)N(CCN2CCN(c3ccc(C(C)(C)O)cc3)CC2)C2N=C3C(=C(c4ccccn4)N=CN3N)N21. The van der Waals surface area contributed by atoms with Crippen LogP contribution >= 0.6 is 0 Å². The van der Waals surface area contributed by atoms with Gasteiger partial charge in [0.25, 0.3) is 0 Å². The summed E-state index contributed by atoms with van der Waals surface area (Å²) in [7, 11) is 1.75. The lowest BCUT2D eigenvalue weighted by molar-refractivity contribution is 0.0786. The van der Waals surface area contributed by atoms with E-state index in [-0.39, 0.29) is 6.03 Å². The molecular formula is C27H34N10O2. The number of carbonyl (C=O) groups is 1. The molecule has 1 atom stereocenters. The molecule has 12 nitrogen and oxygen atoms in total. The van der Waals surface area contributed by atoms with Gasteiger partial charge in [-0.1, -0.05) is 18.2 Å². The van der Waals surface area contributed by atoms with Crippen LogP contribution < -0.4 is 10.7 Å². The molecule has 1 unspecified atom stereocenters. The van der Waals surface area contributed by atoms with Crippen LogP contribution in [0.4, 0.5) is 10.5 Å². The molecule has 2 amide bonds. The first-order chi connectivity index (χ1) is 18.7. The second kappa shape index (κ2) is 9.63. The van der Waals surface area contributed by atoms with E-state index in [9.17, 15) is 9.90 Å². The summed E-state index contributed by atoms with van der Waals surface area (Å²) in [4.78, 5) is 33.6. The Kier molecular flexibility index (Phi) is 6.25. The van der Waals surface area contributed by atoms with Crippen LogP contribution in [0.25, 0.3) is 5.70 Å². The van der Waals surface area contributed by atoms with E-state index in [0.717, 1.165) is 44.0 Å². The number of aliphatic imine (C=N–C) groups is 2. The second-order valence-electron chi connectivity index (χ2n) is 10.6. The Labute approximate surface area is 227 Å². The summed E-state index contributed by atoms with van der Waals surface area (Å²) in [5.74, 6) is 6.75. The number of carbonyl (C=O) groups excluding carboxylic acids is 1. The highest BCUT2D eigenvalue weighted by Crippen LogP contribution is 2.37. The summed E-state index contributed by atoms with van der Waals surface area (Å²) >= 11 is 0. The van der Waals surface area contributed by atoms with Gasteiger partial charge in [-0.05, 0) is 43.7 Å². The lowest BCUT2D eigenvalue weighted by atomic mass is 9.98. The van der Waals surface area contributed by atoms with E-state index in [0.29, 0.717) is 29.5 Å². The Hall–Kier alpha value is -4.00. The number of benzene rings is 1. The highest BCUT2D eigenvalue weighted by Gasteiger charge is 2.51. The fraction of sp³-hybridized carbons (Fsp3) is 0.407. The molecule has 2 saturated heterocycles. The third-order valence-electron chi connectivity index (χ3n) is 7.68. The largest absolute Gasteiger partial charge is 0.386 e. The number of urea groups is 1. The Morgan fingerprint density at radius 1 is 1.05 bits per heavy atom. The fourth-order valence-corrected chi connectivity index (χ4v) is 5.43. The first-order valence-electron chi connectivity index (χ1n) is 13.2. The maximum atomic E-state index is 13.3. The van der Waals surface area contributed by atoms with Crippen LogP contribution in [-0.4, -0.2) is 106 Å². The summed E-state index contributed by atoms with van der Waals surface area (Å²) < 4.78 is 0. The highest BCUT2D eigenvalue weighted by molar-refractivity contribution is 6.13. The minimum absolute atomic E-state index is 0.112. The first kappa shape index (κ1) is 25.3. The molecular weight excluding hydrogens is 496 g/mol. The number of nitrogens with two attached hydrogens (primary N) is 1. The topological polar surface area (TPSA) is 120 Å². The van der Waals surface area contributed by atoms with Gasteiger partial charge < -0.3 is 10.0 Å².